The first-order valence-corrected chi connectivity index (χ1v) is 7.71. The van der Waals surface area contributed by atoms with E-state index in [2.05, 4.69) is 5.32 Å². The highest BCUT2D eigenvalue weighted by Crippen LogP contribution is 2.15. The van der Waals surface area contributed by atoms with Gasteiger partial charge in [-0.1, -0.05) is 0 Å². The molecule has 4 N–H and O–H groups in total. The van der Waals surface area contributed by atoms with Crippen molar-refractivity contribution < 1.29 is 9.90 Å². The summed E-state index contributed by atoms with van der Waals surface area (Å²) < 4.78 is 0. The lowest BCUT2D eigenvalue weighted by molar-refractivity contribution is -0.122. The lowest BCUT2D eigenvalue weighted by Gasteiger charge is -2.14. The Morgan fingerprint density at radius 1 is 1.71 bits per heavy atom. The van der Waals surface area contributed by atoms with Gasteiger partial charge in [0, 0.05) is 6.54 Å². The molecule has 0 aliphatic heterocycles. The van der Waals surface area contributed by atoms with Crippen molar-refractivity contribution in [3.63, 3.8) is 0 Å². The Balaban J connectivity index is 2.28. The summed E-state index contributed by atoms with van der Waals surface area (Å²) in [6.07, 6.45) is 1.98. The van der Waals surface area contributed by atoms with Crippen molar-refractivity contribution in [1.29, 1.82) is 0 Å². The Labute approximate surface area is 110 Å². The molecule has 17 heavy (non-hydrogen) atoms. The van der Waals surface area contributed by atoms with Gasteiger partial charge in [0.05, 0.1) is 12.1 Å². The summed E-state index contributed by atoms with van der Waals surface area (Å²) in [7, 11) is 0. The second-order valence-corrected chi connectivity index (χ2v) is 5.47. The van der Waals surface area contributed by atoms with E-state index in [0.29, 0.717) is 6.42 Å². The van der Waals surface area contributed by atoms with Gasteiger partial charge in [-0.15, -0.1) is 0 Å². The van der Waals surface area contributed by atoms with Crippen molar-refractivity contribution in [2.24, 2.45) is 5.73 Å². The van der Waals surface area contributed by atoms with Crippen LogP contribution in [-0.4, -0.2) is 35.6 Å². The van der Waals surface area contributed by atoms with E-state index in [-0.39, 0.29) is 12.5 Å². The van der Waals surface area contributed by atoms with Gasteiger partial charge in [0.2, 0.25) is 5.91 Å². The predicted octanol–water partition coefficient (Wildman–Crippen LogP) is 0.978. The Morgan fingerprint density at radius 2 is 2.47 bits per heavy atom. The van der Waals surface area contributed by atoms with Crippen molar-refractivity contribution >= 4 is 29.0 Å². The minimum absolute atomic E-state index is 0.201. The van der Waals surface area contributed by atoms with Crippen molar-refractivity contribution in [2.75, 3.05) is 18.6 Å². The molecule has 4 nitrogen and oxygen atoms in total. The molecule has 0 saturated carbocycles. The highest BCUT2D eigenvalue weighted by Gasteiger charge is 2.15. The fraction of sp³-hybridized carbons (Fsp3) is 0.545. The van der Waals surface area contributed by atoms with E-state index >= 15 is 0 Å². The minimum atomic E-state index is -0.655. The van der Waals surface area contributed by atoms with E-state index in [1.165, 1.54) is 11.3 Å². The molecule has 1 aromatic rings. The molecule has 0 radical (unpaired) electrons. The third-order valence-corrected chi connectivity index (χ3v) is 3.71. The second kappa shape index (κ2) is 7.71. The van der Waals surface area contributed by atoms with Crippen LogP contribution in [0.25, 0.3) is 0 Å². The van der Waals surface area contributed by atoms with Crippen LogP contribution >= 0.6 is 23.1 Å². The average Bonchev–Trinajstić information content (AvgIpc) is 2.86. The number of hydrogen-bond acceptors (Lipinski definition) is 5. The van der Waals surface area contributed by atoms with Crippen molar-refractivity contribution in [3.05, 3.63) is 22.4 Å². The number of hydrogen-bond donors (Lipinski definition) is 3. The van der Waals surface area contributed by atoms with E-state index in [1.54, 1.807) is 11.8 Å². The number of aliphatic hydroxyl groups is 1. The quantitative estimate of drug-likeness (QED) is 0.693. The molecule has 96 valence electrons. The molecule has 0 aromatic carbocycles. The minimum Gasteiger partial charge on any atom is -0.387 e. The van der Waals surface area contributed by atoms with Crippen molar-refractivity contribution in [2.45, 2.75) is 18.6 Å². The summed E-state index contributed by atoms with van der Waals surface area (Å²) in [5, 5.41) is 16.2. The molecule has 1 rings (SSSR count). The zero-order valence-corrected chi connectivity index (χ0v) is 11.4. The Bertz CT molecular complexity index is 330. The molecular weight excluding hydrogens is 256 g/mol. The molecule has 0 aliphatic rings. The number of carbonyl (C=O) groups is 1. The molecule has 1 amide bonds. The average molecular weight is 274 g/mol. The second-order valence-electron chi connectivity index (χ2n) is 3.71. The number of nitrogens with one attached hydrogen (secondary N) is 1. The SMILES string of the molecule is CSCC[C@@H](N)C(=O)NCC(O)c1ccsc1. The van der Waals surface area contributed by atoms with Gasteiger partial charge in [0.25, 0.3) is 0 Å². The molecule has 1 heterocycles. The number of nitrogens with two attached hydrogens (primary N) is 1. The summed E-state index contributed by atoms with van der Waals surface area (Å²) in [5.41, 5.74) is 6.53. The Morgan fingerprint density at radius 3 is 3.06 bits per heavy atom. The number of thioether (sulfide) groups is 1. The van der Waals surface area contributed by atoms with Crippen LogP contribution in [0.1, 0.15) is 18.1 Å². The first-order chi connectivity index (χ1) is 8.15. The van der Waals surface area contributed by atoms with E-state index in [0.717, 1.165) is 11.3 Å². The van der Waals surface area contributed by atoms with Crippen LogP contribution in [-0.2, 0) is 4.79 Å². The van der Waals surface area contributed by atoms with Gasteiger partial charge in [-0.25, -0.2) is 0 Å². The summed E-state index contributed by atoms with van der Waals surface area (Å²) >= 11 is 3.18. The Hall–Kier alpha value is -0.560. The standard InChI is InChI=1S/C11H18N2O2S2/c1-16-4-3-9(12)11(15)13-6-10(14)8-2-5-17-7-8/h2,5,7,9-10,14H,3-4,6,12H2,1H3,(H,13,15)/t9-,10?/m1/s1. The molecule has 0 saturated heterocycles. The normalized spacial score (nSPS) is 14.3. The van der Waals surface area contributed by atoms with Gasteiger partial charge >= 0.3 is 0 Å². The molecule has 1 aromatic heterocycles. The topological polar surface area (TPSA) is 75.4 Å². The van der Waals surface area contributed by atoms with Crippen LogP contribution in [0, 0.1) is 0 Å². The van der Waals surface area contributed by atoms with E-state index in [4.69, 9.17) is 5.73 Å². The molecule has 2 atom stereocenters. The summed E-state index contributed by atoms with van der Waals surface area (Å²) in [6.45, 7) is 0.211. The third-order valence-electron chi connectivity index (χ3n) is 2.37. The number of amides is 1. The van der Waals surface area contributed by atoms with Crippen LogP contribution in [0.15, 0.2) is 16.8 Å². The van der Waals surface area contributed by atoms with E-state index in [1.807, 2.05) is 23.1 Å². The molecule has 0 fully saturated rings. The zero-order valence-electron chi connectivity index (χ0n) is 9.76. The molecule has 0 bridgehead atoms. The molecular formula is C11H18N2O2S2. The fourth-order valence-corrected chi connectivity index (χ4v) is 2.48. The predicted molar refractivity (Wildman–Crippen MR) is 73.3 cm³/mol. The van der Waals surface area contributed by atoms with Crippen LogP contribution in [0.4, 0.5) is 0 Å². The maximum atomic E-state index is 11.6. The summed E-state index contributed by atoms with van der Waals surface area (Å²) in [5.74, 6) is 0.662. The summed E-state index contributed by atoms with van der Waals surface area (Å²) in [4.78, 5) is 11.6. The van der Waals surface area contributed by atoms with Gasteiger partial charge in [-0.3, -0.25) is 4.79 Å². The number of rotatable bonds is 7. The number of carbonyl (C=O) groups excluding carboxylic acids is 1. The largest absolute Gasteiger partial charge is 0.387 e. The monoisotopic (exact) mass is 274 g/mol. The Kier molecular flexibility index (Phi) is 6.57. The lowest BCUT2D eigenvalue weighted by Crippen LogP contribution is -2.42. The fourth-order valence-electron chi connectivity index (χ4n) is 1.29. The highest BCUT2D eigenvalue weighted by atomic mass is 32.2. The van der Waals surface area contributed by atoms with Crippen LogP contribution in [0.5, 0.6) is 0 Å². The van der Waals surface area contributed by atoms with Crippen molar-refractivity contribution in [1.82, 2.24) is 5.32 Å². The maximum absolute atomic E-state index is 11.6. The smallest absolute Gasteiger partial charge is 0.237 e. The molecule has 0 aliphatic carbocycles. The van der Waals surface area contributed by atoms with Gasteiger partial charge < -0.3 is 16.2 Å². The van der Waals surface area contributed by atoms with Crippen molar-refractivity contribution in [3.8, 4) is 0 Å². The van der Waals surface area contributed by atoms with Crippen LogP contribution in [0.2, 0.25) is 0 Å². The van der Waals surface area contributed by atoms with Crippen LogP contribution < -0.4 is 11.1 Å². The maximum Gasteiger partial charge on any atom is 0.237 e. The van der Waals surface area contributed by atoms with Gasteiger partial charge in [-0.05, 0) is 40.8 Å². The van der Waals surface area contributed by atoms with Gasteiger partial charge in [0.15, 0.2) is 0 Å². The summed E-state index contributed by atoms with van der Waals surface area (Å²) in [6, 6.07) is 1.35. The van der Waals surface area contributed by atoms with Gasteiger partial charge in [0.1, 0.15) is 0 Å². The van der Waals surface area contributed by atoms with Gasteiger partial charge in [-0.2, -0.15) is 23.1 Å². The highest BCUT2D eigenvalue weighted by molar-refractivity contribution is 7.98. The lowest BCUT2D eigenvalue weighted by atomic mass is 10.2. The first-order valence-electron chi connectivity index (χ1n) is 5.37. The third kappa shape index (κ3) is 5.08. The number of aliphatic hydroxyl groups excluding tert-OH is 1. The first kappa shape index (κ1) is 14.5. The zero-order chi connectivity index (χ0) is 12.7. The van der Waals surface area contributed by atoms with E-state index in [9.17, 15) is 9.90 Å². The van der Waals surface area contributed by atoms with Crippen LogP contribution in [0.3, 0.4) is 0 Å². The molecule has 6 heteroatoms. The molecule has 1 unspecified atom stereocenters. The number of thiophene rings is 1. The molecule has 0 spiro atoms. The van der Waals surface area contributed by atoms with E-state index < -0.39 is 12.1 Å².